The quantitative estimate of drug-likeness (QED) is 0.467. The number of alkyl halides is 6. The first kappa shape index (κ1) is 17.4. The fraction of sp³-hybridized carbons (Fsp3) is 0.455. The van der Waals surface area contributed by atoms with Gasteiger partial charge in [-0.3, -0.25) is 0 Å². The van der Waals surface area contributed by atoms with Crippen molar-refractivity contribution < 1.29 is 36.2 Å². The highest BCUT2D eigenvalue weighted by Gasteiger charge is 2.35. The number of ether oxygens (including phenoxy) is 2. The van der Waals surface area contributed by atoms with Gasteiger partial charge in [-0.2, -0.15) is 0 Å². The molecular weight excluding hydrogens is 325 g/mol. The first-order valence-electron chi connectivity index (χ1n) is 5.50. The van der Waals surface area contributed by atoms with Crippen molar-refractivity contribution in [3.05, 3.63) is 23.0 Å². The van der Waals surface area contributed by atoms with Gasteiger partial charge in [-0.15, -0.1) is 24.8 Å². The number of pyridine rings is 1. The number of esters is 1. The molecule has 0 saturated carbocycles. The molecule has 0 amide bonds. The highest BCUT2D eigenvalue weighted by molar-refractivity contribution is 6.17. The minimum Gasteiger partial charge on any atom is -0.461 e. The van der Waals surface area contributed by atoms with E-state index in [9.17, 15) is 26.7 Å². The van der Waals surface area contributed by atoms with Gasteiger partial charge in [-0.25, -0.2) is 18.6 Å². The van der Waals surface area contributed by atoms with Crippen LogP contribution < -0.4 is 4.74 Å². The molecule has 118 valence electrons. The van der Waals surface area contributed by atoms with Crippen molar-refractivity contribution in [2.45, 2.75) is 25.6 Å². The Kier molecular flexibility index (Phi) is 5.70. The van der Waals surface area contributed by atoms with Gasteiger partial charge < -0.3 is 9.47 Å². The number of hydrogen-bond acceptors (Lipinski definition) is 4. The highest BCUT2D eigenvalue weighted by Crippen LogP contribution is 2.36. The van der Waals surface area contributed by atoms with E-state index in [1.165, 1.54) is 6.92 Å². The van der Waals surface area contributed by atoms with E-state index in [0.29, 0.717) is 6.07 Å². The average molecular weight is 334 g/mol. The minimum absolute atomic E-state index is 0.0540. The molecule has 1 heterocycles. The van der Waals surface area contributed by atoms with Gasteiger partial charge in [0.05, 0.1) is 23.7 Å². The molecule has 0 bridgehead atoms. The van der Waals surface area contributed by atoms with Crippen LogP contribution in [0.5, 0.6) is 5.75 Å². The monoisotopic (exact) mass is 333 g/mol. The van der Waals surface area contributed by atoms with Crippen molar-refractivity contribution in [2.75, 3.05) is 6.61 Å². The molecule has 0 aromatic carbocycles. The van der Waals surface area contributed by atoms with Crippen LogP contribution in [-0.4, -0.2) is 23.9 Å². The first-order chi connectivity index (χ1) is 9.69. The summed E-state index contributed by atoms with van der Waals surface area (Å²) in [6.07, 6.45) is -8.52. The summed E-state index contributed by atoms with van der Waals surface area (Å²) in [5.41, 5.74) is -2.34. The van der Waals surface area contributed by atoms with Gasteiger partial charge >= 0.3 is 12.3 Å². The molecule has 0 atom stereocenters. The van der Waals surface area contributed by atoms with Crippen LogP contribution in [0, 0.1) is 0 Å². The second-order valence-electron chi connectivity index (χ2n) is 3.58. The average Bonchev–Trinajstić information content (AvgIpc) is 2.36. The molecular formula is C11H9ClF5NO3. The Morgan fingerprint density at radius 1 is 1.43 bits per heavy atom. The minimum atomic E-state index is -5.20. The number of halogens is 6. The highest BCUT2D eigenvalue weighted by atomic mass is 35.5. The molecule has 0 aliphatic heterocycles. The van der Waals surface area contributed by atoms with E-state index in [1.807, 2.05) is 0 Å². The third-order valence-electron chi connectivity index (χ3n) is 2.14. The lowest BCUT2D eigenvalue weighted by molar-refractivity contribution is -0.275. The molecule has 0 unspecified atom stereocenters. The largest absolute Gasteiger partial charge is 0.573 e. The molecule has 0 fully saturated rings. The van der Waals surface area contributed by atoms with E-state index in [0.717, 1.165) is 0 Å². The smallest absolute Gasteiger partial charge is 0.461 e. The normalized spacial score (nSPS) is 11.6. The topological polar surface area (TPSA) is 48.4 Å². The number of carbonyl (C=O) groups is 1. The van der Waals surface area contributed by atoms with Crippen LogP contribution in [0.25, 0.3) is 0 Å². The van der Waals surface area contributed by atoms with Gasteiger partial charge in [-0.05, 0) is 13.0 Å². The van der Waals surface area contributed by atoms with Gasteiger partial charge in [0.1, 0.15) is 5.69 Å². The van der Waals surface area contributed by atoms with E-state index in [4.69, 9.17) is 11.6 Å². The Balaban J connectivity index is 3.39. The Labute approximate surface area is 120 Å². The van der Waals surface area contributed by atoms with Crippen molar-refractivity contribution in [3.63, 3.8) is 0 Å². The fourth-order valence-corrected chi connectivity index (χ4v) is 1.58. The summed E-state index contributed by atoms with van der Waals surface area (Å²) in [4.78, 5) is 14.9. The predicted octanol–water partition coefficient (Wildman–Crippen LogP) is 3.83. The Bertz CT molecular complexity index is 521. The summed E-state index contributed by atoms with van der Waals surface area (Å²) < 4.78 is 70.6. The fourth-order valence-electron chi connectivity index (χ4n) is 1.40. The summed E-state index contributed by atoms with van der Waals surface area (Å²) in [6.45, 7) is 1.41. The summed E-state index contributed by atoms with van der Waals surface area (Å²) in [7, 11) is 0. The van der Waals surface area contributed by atoms with E-state index in [-0.39, 0.29) is 6.61 Å². The van der Waals surface area contributed by atoms with Crippen LogP contribution in [0.15, 0.2) is 6.07 Å². The number of hydrogen-bond donors (Lipinski definition) is 0. The van der Waals surface area contributed by atoms with Crippen LogP contribution in [0.2, 0.25) is 0 Å². The van der Waals surface area contributed by atoms with Crippen molar-refractivity contribution >= 4 is 17.6 Å². The molecule has 0 saturated heterocycles. The van der Waals surface area contributed by atoms with Crippen LogP contribution in [-0.2, 0) is 10.6 Å². The second-order valence-corrected chi connectivity index (χ2v) is 3.84. The van der Waals surface area contributed by atoms with Gasteiger partial charge in [0.2, 0.25) is 0 Å². The van der Waals surface area contributed by atoms with Crippen molar-refractivity contribution in [1.82, 2.24) is 4.98 Å². The Morgan fingerprint density at radius 2 is 2.05 bits per heavy atom. The summed E-state index contributed by atoms with van der Waals surface area (Å²) in [6, 6.07) is 0.486. The van der Waals surface area contributed by atoms with E-state index in [1.54, 1.807) is 0 Å². The maximum absolute atomic E-state index is 12.9. The molecule has 0 N–H and O–H groups in total. The predicted molar refractivity (Wildman–Crippen MR) is 61.4 cm³/mol. The molecule has 1 aromatic rings. The summed E-state index contributed by atoms with van der Waals surface area (Å²) >= 11 is 5.38. The van der Waals surface area contributed by atoms with Crippen LogP contribution in [0.1, 0.15) is 35.1 Å². The van der Waals surface area contributed by atoms with Crippen molar-refractivity contribution in [1.29, 1.82) is 0 Å². The number of nitrogens with zero attached hydrogens (tertiary/aromatic N) is 1. The van der Waals surface area contributed by atoms with Crippen molar-refractivity contribution in [3.8, 4) is 5.75 Å². The molecule has 10 heteroatoms. The van der Waals surface area contributed by atoms with Crippen LogP contribution >= 0.6 is 11.6 Å². The lowest BCUT2D eigenvalue weighted by Crippen LogP contribution is -2.21. The summed E-state index contributed by atoms with van der Waals surface area (Å²) in [5, 5.41) is 0. The number of carbonyl (C=O) groups excluding carboxylic acids is 1. The van der Waals surface area contributed by atoms with E-state index in [2.05, 4.69) is 14.5 Å². The molecule has 0 spiro atoms. The summed E-state index contributed by atoms with van der Waals surface area (Å²) in [5.74, 6) is -2.91. The van der Waals surface area contributed by atoms with Gasteiger partial charge in [0, 0.05) is 0 Å². The zero-order valence-electron chi connectivity index (χ0n) is 10.5. The molecule has 1 aromatic heterocycles. The Morgan fingerprint density at radius 3 is 2.48 bits per heavy atom. The van der Waals surface area contributed by atoms with Gasteiger partial charge in [0.15, 0.2) is 5.75 Å². The number of rotatable bonds is 5. The zero-order chi connectivity index (χ0) is 16.2. The zero-order valence-corrected chi connectivity index (χ0v) is 11.3. The molecule has 4 nitrogen and oxygen atoms in total. The van der Waals surface area contributed by atoms with Gasteiger partial charge in [-0.1, -0.05) is 0 Å². The van der Waals surface area contributed by atoms with Gasteiger partial charge in [0.25, 0.3) is 6.43 Å². The van der Waals surface area contributed by atoms with E-state index < -0.39 is 47.3 Å². The third-order valence-corrected chi connectivity index (χ3v) is 2.39. The first-order valence-corrected chi connectivity index (χ1v) is 6.03. The second kappa shape index (κ2) is 6.88. The molecule has 0 radical (unpaired) electrons. The Hall–Kier alpha value is -1.64. The SMILES string of the molecule is CCOC(=O)c1cc(C(F)F)c(OC(F)(F)F)c(CCl)n1. The molecule has 0 aliphatic rings. The maximum atomic E-state index is 12.9. The lowest BCUT2D eigenvalue weighted by Gasteiger charge is -2.16. The van der Waals surface area contributed by atoms with Crippen LogP contribution in [0.4, 0.5) is 22.0 Å². The molecule has 0 aliphatic carbocycles. The lowest BCUT2D eigenvalue weighted by atomic mass is 10.1. The molecule has 21 heavy (non-hydrogen) atoms. The third kappa shape index (κ3) is 4.69. The van der Waals surface area contributed by atoms with Crippen LogP contribution in [0.3, 0.4) is 0 Å². The molecule has 1 rings (SSSR count). The standard InChI is InChI=1S/C11H9ClF5NO3/c1-2-20-10(19)6-3-5(9(13)14)8(7(4-12)18-6)21-11(15,16)17/h3,9H,2,4H2,1H3. The van der Waals surface area contributed by atoms with E-state index >= 15 is 0 Å². The van der Waals surface area contributed by atoms with Crippen molar-refractivity contribution in [2.24, 2.45) is 0 Å². The maximum Gasteiger partial charge on any atom is 0.573 e. The number of aromatic nitrogens is 1.